The lowest BCUT2D eigenvalue weighted by atomic mass is 10.1. The van der Waals surface area contributed by atoms with Crippen LogP contribution in [0.5, 0.6) is 0 Å². The number of nitrogens with one attached hydrogen (secondary N) is 1. The molecule has 0 aliphatic rings. The smallest absolute Gasteiger partial charge is 0.251 e. The third-order valence-corrected chi connectivity index (χ3v) is 4.51. The number of nitrogens with zero attached hydrogens (tertiary/aromatic N) is 4. The van der Waals surface area contributed by atoms with Crippen LogP contribution < -0.4 is 5.32 Å². The third-order valence-electron chi connectivity index (χ3n) is 4.51. The standard InChI is InChI=1S/C20H13N5O/c1-21-20(26)11-6-7-14-15(10-11)25-19-17-13(5-3-9-23-17)12-4-2-8-22-16(12)18(19)24-14/h2-10H,1H3,(H,21,26). The van der Waals surface area contributed by atoms with Crippen LogP contribution in [0.1, 0.15) is 10.4 Å². The maximum Gasteiger partial charge on any atom is 0.251 e. The molecule has 3 aromatic heterocycles. The second kappa shape index (κ2) is 5.42. The third kappa shape index (κ3) is 2.02. The molecule has 0 bridgehead atoms. The van der Waals surface area contributed by atoms with Gasteiger partial charge in [0.15, 0.2) is 0 Å². The molecule has 0 radical (unpaired) electrons. The highest BCUT2D eigenvalue weighted by molar-refractivity contribution is 6.21. The summed E-state index contributed by atoms with van der Waals surface area (Å²) in [5, 5.41) is 4.61. The van der Waals surface area contributed by atoms with E-state index in [1.54, 1.807) is 31.6 Å². The summed E-state index contributed by atoms with van der Waals surface area (Å²) in [7, 11) is 1.60. The van der Waals surface area contributed by atoms with Crippen LogP contribution in [-0.2, 0) is 0 Å². The number of aromatic nitrogens is 4. The second-order valence-corrected chi connectivity index (χ2v) is 6.00. The molecule has 6 heteroatoms. The van der Waals surface area contributed by atoms with Crippen molar-refractivity contribution in [1.29, 1.82) is 0 Å². The van der Waals surface area contributed by atoms with Gasteiger partial charge in [-0.25, -0.2) is 9.97 Å². The molecule has 0 atom stereocenters. The first-order valence-corrected chi connectivity index (χ1v) is 8.21. The Morgan fingerprint density at radius 3 is 2.04 bits per heavy atom. The predicted molar refractivity (Wildman–Crippen MR) is 101 cm³/mol. The van der Waals surface area contributed by atoms with Gasteiger partial charge in [0.1, 0.15) is 11.0 Å². The van der Waals surface area contributed by atoms with Crippen molar-refractivity contribution in [2.24, 2.45) is 0 Å². The highest BCUT2D eigenvalue weighted by Crippen LogP contribution is 2.31. The molecular formula is C20H13N5O. The van der Waals surface area contributed by atoms with E-state index in [2.05, 4.69) is 15.3 Å². The SMILES string of the molecule is CNC(=O)c1ccc2nc3c4ncccc4c4cccnc4c3nc2c1. The molecule has 26 heavy (non-hydrogen) atoms. The first kappa shape index (κ1) is 14.7. The van der Waals surface area contributed by atoms with Gasteiger partial charge < -0.3 is 5.32 Å². The fourth-order valence-corrected chi connectivity index (χ4v) is 3.29. The highest BCUT2D eigenvalue weighted by Gasteiger charge is 2.14. The van der Waals surface area contributed by atoms with Crippen molar-refractivity contribution in [3.8, 4) is 0 Å². The number of pyridine rings is 2. The molecule has 5 aromatic rings. The Hall–Kier alpha value is -3.67. The fourth-order valence-electron chi connectivity index (χ4n) is 3.29. The average Bonchev–Trinajstić information content (AvgIpc) is 2.71. The number of rotatable bonds is 1. The molecule has 2 aromatic carbocycles. The minimum absolute atomic E-state index is 0.156. The van der Waals surface area contributed by atoms with Gasteiger partial charge in [-0.15, -0.1) is 0 Å². The number of amides is 1. The molecule has 5 rings (SSSR count). The Kier molecular flexibility index (Phi) is 3.05. The number of carbonyl (C=O) groups excluding carboxylic acids is 1. The number of benzene rings is 2. The van der Waals surface area contributed by atoms with E-state index < -0.39 is 0 Å². The topological polar surface area (TPSA) is 80.7 Å². The lowest BCUT2D eigenvalue weighted by Gasteiger charge is -2.09. The summed E-state index contributed by atoms with van der Waals surface area (Å²) in [5.41, 5.74) is 4.90. The van der Waals surface area contributed by atoms with E-state index >= 15 is 0 Å². The van der Waals surface area contributed by atoms with Crippen molar-refractivity contribution >= 4 is 49.8 Å². The van der Waals surface area contributed by atoms with Gasteiger partial charge >= 0.3 is 0 Å². The summed E-state index contributed by atoms with van der Waals surface area (Å²) in [4.78, 5) is 30.6. The largest absolute Gasteiger partial charge is 0.355 e. The summed E-state index contributed by atoms with van der Waals surface area (Å²) in [6, 6.07) is 13.1. The Balaban J connectivity index is 1.98. The number of hydrogen-bond acceptors (Lipinski definition) is 5. The van der Waals surface area contributed by atoms with Crippen LogP contribution >= 0.6 is 0 Å². The van der Waals surface area contributed by atoms with E-state index in [1.807, 2.05) is 30.3 Å². The lowest BCUT2D eigenvalue weighted by Crippen LogP contribution is -2.17. The van der Waals surface area contributed by atoms with Crippen LogP contribution in [0.15, 0.2) is 54.9 Å². The van der Waals surface area contributed by atoms with E-state index in [1.165, 1.54) is 0 Å². The van der Waals surface area contributed by atoms with Gasteiger partial charge in [0, 0.05) is 35.8 Å². The van der Waals surface area contributed by atoms with Gasteiger partial charge in [0.25, 0.3) is 5.91 Å². The molecule has 3 heterocycles. The fraction of sp³-hybridized carbons (Fsp3) is 0.0500. The van der Waals surface area contributed by atoms with Crippen LogP contribution in [0.25, 0.3) is 43.9 Å². The number of hydrogen-bond donors (Lipinski definition) is 1. The van der Waals surface area contributed by atoms with Crippen LogP contribution in [0, 0.1) is 0 Å². The van der Waals surface area contributed by atoms with E-state index in [4.69, 9.17) is 9.97 Å². The van der Waals surface area contributed by atoms with Gasteiger partial charge in [0.05, 0.1) is 22.1 Å². The Morgan fingerprint density at radius 2 is 1.42 bits per heavy atom. The van der Waals surface area contributed by atoms with Gasteiger partial charge in [-0.2, -0.15) is 0 Å². The van der Waals surface area contributed by atoms with Gasteiger partial charge in [-0.3, -0.25) is 14.8 Å². The molecule has 0 aliphatic carbocycles. The van der Waals surface area contributed by atoms with Crippen molar-refractivity contribution in [1.82, 2.24) is 25.3 Å². The second-order valence-electron chi connectivity index (χ2n) is 6.00. The molecule has 1 N–H and O–H groups in total. The maximum absolute atomic E-state index is 11.9. The van der Waals surface area contributed by atoms with Crippen LogP contribution in [0.3, 0.4) is 0 Å². The zero-order valence-corrected chi connectivity index (χ0v) is 13.9. The lowest BCUT2D eigenvalue weighted by molar-refractivity contribution is 0.0963. The van der Waals surface area contributed by atoms with Gasteiger partial charge in [-0.05, 0) is 30.3 Å². The molecule has 1 amide bonds. The van der Waals surface area contributed by atoms with Crippen LogP contribution in [0.2, 0.25) is 0 Å². The zero-order valence-electron chi connectivity index (χ0n) is 13.9. The van der Waals surface area contributed by atoms with Crippen molar-refractivity contribution in [2.75, 3.05) is 7.05 Å². The first-order chi connectivity index (χ1) is 12.8. The van der Waals surface area contributed by atoms with Gasteiger partial charge in [-0.1, -0.05) is 12.1 Å². The molecule has 0 unspecified atom stereocenters. The quantitative estimate of drug-likeness (QED) is 0.374. The van der Waals surface area contributed by atoms with Gasteiger partial charge in [0.2, 0.25) is 0 Å². The molecule has 6 nitrogen and oxygen atoms in total. The van der Waals surface area contributed by atoms with Crippen molar-refractivity contribution in [2.45, 2.75) is 0 Å². The average molecular weight is 339 g/mol. The number of fused-ring (bicyclic) bond motifs is 7. The molecule has 0 saturated carbocycles. The van der Waals surface area contributed by atoms with E-state index in [9.17, 15) is 4.79 Å². The zero-order chi connectivity index (χ0) is 17.7. The monoisotopic (exact) mass is 339 g/mol. The molecule has 0 spiro atoms. The summed E-state index contributed by atoms with van der Waals surface area (Å²) < 4.78 is 0. The van der Waals surface area contributed by atoms with Crippen molar-refractivity contribution in [3.63, 3.8) is 0 Å². The molecule has 124 valence electrons. The van der Waals surface area contributed by atoms with Crippen LogP contribution in [0.4, 0.5) is 0 Å². The normalized spacial score (nSPS) is 11.4. The number of carbonyl (C=O) groups is 1. The Morgan fingerprint density at radius 1 is 0.808 bits per heavy atom. The van der Waals surface area contributed by atoms with Crippen molar-refractivity contribution in [3.05, 3.63) is 60.4 Å². The minimum atomic E-state index is -0.156. The molecule has 0 aliphatic heterocycles. The van der Waals surface area contributed by atoms with E-state index in [0.717, 1.165) is 21.8 Å². The highest BCUT2D eigenvalue weighted by atomic mass is 16.1. The summed E-state index contributed by atoms with van der Waals surface area (Å²) in [6.45, 7) is 0. The van der Waals surface area contributed by atoms with Crippen LogP contribution in [-0.4, -0.2) is 32.9 Å². The van der Waals surface area contributed by atoms with Crippen molar-refractivity contribution < 1.29 is 4.79 Å². The first-order valence-electron chi connectivity index (χ1n) is 8.21. The van der Waals surface area contributed by atoms with E-state index in [0.29, 0.717) is 27.6 Å². The summed E-state index contributed by atoms with van der Waals surface area (Å²) >= 11 is 0. The summed E-state index contributed by atoms with van der Waals surface area (Å²) in [5.74, 6) is -0.156. The maximum atomic E-state index is 11.9. The van der Waals surface area contributed by atoms with E-state index in [-0.39, 0.29) is 5.91 Å². The molecular weight excluding hydrogens is 326 g/mol. The molecule has 0 fully saturated rings. The summed E-state index contributed by atoms with van der Waals surface area (Å²) in [6.07, 6.45) is 3.50. The Bertz CT molecular complexity index is 1350. The minimum Gasteiger partial charge on any atom is -0.355 e. The Labute approximate surface area is 147 Å². The molecule has 0 saturated heterocycles. The predicted octanol–water partition coefficient (Wildman–Crippen LogP) is 3.24.